The Balaban J connectivity index is 2.18. The number of methoxy groups -OCH3 is 1. The number of furan rings is 1. The third-order valence-electron chi connectivity index (χ3n) is 3.02. The van der Waals surface area contributed by atoms with Crippen molar-refractivity contribution in [2.45, 2.75) is 13.8 Å². The van der Waals surface area contributed by atoms with Crippen LogP contribution in [0, 0.1) is 6.92 Å². The average Bonchev–Trinajstić information content (AvgIpc) is 2.91. The van der Waals surface area contributed by atoms with E-state index in [0.29, 0.717) is 28.3 Å². The van der Waals surface area contributed by atoms with Crippen LogP contribution in [0.1, 0.15) is 28.6 Å². The van der Waals surface area contributed by atoms with Crippen molar-refractivity contribution in [3.05, 3.63) is 47.4 Å². The fourth-order valence-corrected chi connectivity index (χ4v) is 1.81. The minimum Gasteiger partial charge on any atom is -0.507 e. The van der Waals surface area contributed by atoms with E-state index in [1.165, 1.54) is 19.4 Å². The molecule has 2 N–H and O–H groups in total. The smallest absolute Gasteiger partial charge is 0.274 e. The number of carbonyl (C=O) groups is 1. The number of nitrogens with one attached hydrogen (secondary N) is 1. The Hall–Kier alpha value is -2.76. The molecule has 0 saturated carbocycles. The molecule has 110 valence electrons. The molecule has 0 aliphatic carbocycles. The van der Waals surface area contributed by atoms with Crippen LogP contribution in [0.5, 0.6) is 11.5 Å². The fourth-order valence-electron chi connectivity index (χ4n) is 1.81. The highest BCUT2D eigenvalue weighted by atomic mass is 16.5. The minimum absolute atomic E-state index is 0.0609. The zero-order valence-corrected chi connectivity index (χ0v) is 12.0. The van der Waals surface area contributed by atoms with Crippen molar-refractivity contribution in [2.24, 2.45) is 5.10 Å². The second-order valence-corrected chi connectivity index (χ2v) is 4.41. The normalized spacial score (nSPS) is 11.3. The molecule has 0 spiro atoms. The summed E-state index contributed by atoms with van der Waals surface area (Å²) in [6, 6.07) is 6.36. The maximum absolute atomic E-state index is 11.9. The number of rotatable bonds is 4. The monoisotopic (exact) mass is 288 g/mol. The van der Waals surface area contributed by atoms with Crippen molar-refractivity contribution < 1.29 is 19.1 Å². The molecule has 0 radical (unpaired) electrons. The van der Waals surface area contributed by atoms with Gasteiger partial charge < -0.3 is 14.3 Å². The molecule has 1 aromatic carbocycles. The van der Waals surface area contributed by atoms with Gasteiger partial charge in [-0.15, -0.1) is 0 Å². The Labute approximate surface area is 122 Å². The van der Waals surface area contributed by atoms with Crippen LogP contribution in [0.15, 0.2) is 40.0 Å². The third kappa shape index (κ3) is 3.22. The molecule has 6 heteroatoms. The number of aryl methyl sites for hydroxylation is 1. The minimum atomic E-state index is -0.372. The lowest BCUT2D eigenvalue weighted by molar-refractivity contribution is 0.0953. The van der Waals surface area contributed by atoms with E-state index in [1.54, 1.807) is 32.0 Å². The van der Waals surface area contributed by atoms with E-state index in [4.69, 9.17) is 9.15 Å². The SMILES string of the molecule is COc1ccc(O)c(/C(C)=N/NC(=O)c2ccoc2C)c1. The number of hydrazone groups is 1. The molecule has 0 atom stereocenters. The Morgan fingerprint density at radius 2 is 2.10 bits per heavy atom. The van der Waals surface area contributed by atoms with Gasteiger partial charge in [-0.25, -0.2) is 5.43 Å². The molecule has 0 unspecified atom stereocenters. The van der Waals surface area contributed by atoms with E-state index in [0.717, 1.165) is 0 Å². The summed E-state index contributed by atoms with van der Waals surface area (Å²) in [5.41, 5.74) is 3.79. The summed E-state index contributed by atoms with van der Waals surface area (Å²) in [6.07, 6.45) is 1.44. The summed E-state index contributed by atoms with van der Waals surface area (Å²) in [7, 11) is 1.53. The Bertz CT molecular complexity index is 689. The van der Waals surface area contributed by atoms with Gasteiger partial charge in [0.05, 0.1) is 24.6 Å². The van der Waals surface area contributed by atoms with Crippen LogP contribution in [-0.4, -0.2) is 23.8 Å². The first-order chi connectivity index (χ1) is 10.0. The molecule has 1 amide bonds. The van der Waals surface area contributed by atoms with E-state index in [-0.39, 0.29) is 11.7 Å². The van der Waals surface area contributed by atoms with E-state index >= 15 is 0 Å². The second-order valence-electron chi connectivity index (χ2n) is 4.41. The molecule has 21 heavy (non-hydrogen) atoms. The van der Waals surface area contributed by atoms with E-state index in [1.807, 2.05) is 0 Å². The lowest BCUT2D eigenvalue weighted by Crippen LogP contribution is -2.19. The number of hydrogen-bond donors (Lipinski definition) is 2. The van der Waals surface area contributed by atoms with Gasteiger partial charge in [0, 0.05) is 5.56 Å². The molecule has 1 aromatic heterocycles. The van der Waals surface area contributed by atoms with Crippen molar-refractivity contribution in [1.29, 1.82) is 0 Å². The molecule has 2 rings (SSSR count). The van der Waals surface area contributed by atoms with Crippen LogP contribution in [0.25, 0.3) is 0 Å². The summed E-state index contributed by atoms with van der Waals surface area (Å²) in [4.78, 5) is 11.9. The van der Waals surface area contributed by atoms with Crippen LogP contribution < -0.4 is 10.2 Å². The number of aromatic hydroxyl groups is 1. The van der Waals surface area contributed by atoms with E-state index in [9.17, 15) is 9.90 Å². The number of ether oxygens (including phenoxy) is 1. The lowest BCUT2D eigenvalue weighted by Gasteiger charge is -2.07. The molecule has 0 fully saturated rings. The topological polar surface area (TPSA) is 84.1 Å². The Morgan fingerprint density at radius 1 is 1.33 bits per heavy atom. The van der Waals surface area contributed by atoms with Gasteiger partial charge in [-0.3, -0.25) is 4.79 Å². The van der Waals surface area contributed by atoms with Crippen LogP contribution >= 0.6 is 0 Å². The van der Waals surface area contributed by atoms with Crippen molar-refractivity contribution in [3.63, 3.8) is 0 Å². The zero-order chi connectivity index (χ0) is 15.4. The number of amides is 1. The maximum Gasteiger partial charge on any atom is 0.274 e. The maximum atomic E-state index is 11.9. The second kappa shape index (κ2) is 6.13. The molecule has 1 heterocycles. The van der Waals surface area contributed by atoms with Crippen molar-refractivity contribution in [1.82, 2.24) is 5.43 Å². The summed E-state index contributed by atoms with van der Waals surface area (Å²) < 4.78 is 10.2. The van der Waals surface area contributed by atoms with Gasteiger partial charge in [-0.05, 0) is 38.1 Å². The first-order valence-electron chi connectivity index (χ1n) is 6.29. The lowest BCUT2D eigenvalue weighted by atomic mass is 10.1. The van der Waals surface area contributed by atoms with Gasteiger partial charge in [0.1, 0.15) is 17.3 Å². The third-order valence-corrected chi connectivity index (χ3v) is 3.02. The number of phenolic OH excluding ortho intramolecular Hbond substituents is 1. The summed E-state index contributed by atoms with van der Waals surface area (Å²) in [6.45, 7) is 3.37. The predicted octanol–water partition coefficient (Wildman–Crippen LogP) is 2.46. The number of benzene rings is 1. The van der Waals surface area contributed by atoms with Gasteiger partial charge in [-0.1, -0.05) is 0 Å². The van der Waals surface area contributed by atoms with E-state index < -0.39 is 0 Å². The van der Waals surface area contributed by atoms with Crippen molar-refractivity contribution in [2.75, 3.05) is 7.11 Å². The van der Waals surface area contributed by atoms with Gasteiger partial charge >= 0.3 is 0 Å². The summed E-state index contributed by atoms with van der Waals surface area (Å²) >= 11 is 0. The van der Waals surface area contributed by atoms with E-state index in [2.05, 4.69) is 10.5 Å². The first kappa shape index (κ1) is 14.6. The number of phenols is 1. The van der Waals surface area contributed by atoms with Gasteiger partial charge in [0.25, 0.3) is 5.91 Å². The number of hydrogen-bond acceptors (Lipinski definition) is 5. The molecule has 2 aromatic rings. The number of nitrogens with zero attached hydrogens (tertiary/aromatic N) is 1. The number of carbonyl (C=O) groups excluding carboxylic acids is 1. The molecule has 0 aliphatic heterocycles. The first-order valence-corrected chi connectivity index (χ1v) is 6.29. The van der Waals surface area contributed by atoms with Gasteiger partial charge in [-0.2, -0.15) is 5.10 Å². The molecule has 0 bridgehead atoms. The highest BCUT2D eigenvalue weighted by molar-refractivity contribution is 6.03. The van der Waals surface area contributed by atoms with Crippen molar-refractivity contribution in [3.8, 4) is 11.5 Å². The highest BCUT2D eigenvalue weighted by Gasteiger charge is 2.11. The molecular weight excluding hydrogens is 272 g/mol. The molecule has 6 nitrogen and oxygen atoms in total. The largest absolute Gasteiger partial charge is 0.507 e. The van der Waals surface area contributed by atoms with Crippen molar-refractivity contribution >= 4 is 11.6 Å². The van der Waals surface area contributed by atoms with Gasteiger partial charge in [0.2, 0.25) is 0 Å². The predicted molar refractivity (Wildman–Crippen MR) is 77.8 cm³/mol. The van der Waals surface area contributed by atoms with Crippen LogP contribution in [0.2, 0.25) is 0 Å². The summed E-state index contributed by atoms with van der Waals surface area (Å²) in [5.74, 6) is 0.799. The fraction of sp³-hybridized carbons (Fsp3) is 0.200. The highest BCUT2D eigenvalue weighted by Crippen LogP contribution is 2.23. The average molecular weight is 288 g/mol. The molecule has 0 aliphatic rings. The Kier molecular flexibility index (Phi) is 4.27. The van der Waals surface area contributed by atoms with Crippen LogP contribution in [0.4, 0.5) is 0 Å². The molecule has 0 saturated heterocycles. The van der Waals surface area contributed by atoms with Gasteiger partial charge in [0.15, 0.2) is 0 Å². The quantitative estimate of drug-likeness (QED) is 0.668. The van der Waals surface area contributed by atoms with Crippen LogP contribution in [-0.2, 0) is 0 Å². The van der Waals surface area contributed by atoms with Crippen LogP contribution in [0.3, 0.4) is 0 Å². The molecular formula is C15H16N2O4. The Morgan fingerprint density at radius 3 is 2.71 bits per heavy atom. The standard InChI is InChI=1S/C15H16N2O4/c1-9(13-8-11(20-3)4-5-14(13)18)16-17-15(19)12-6-7-21-10(12)2/h4-8,18H,1-3H3,(H,17,19)/b16-9+. The summed E-state index contributed by atoms with van der Waals surface area (Å²) in [5, 5.41) is 13.8. The zero-order valence-electron chi connectivity index (χ0n) is 12.0.